The Bertz CT molecular complexity index is 311. The van der Waals surface area contributed by atoms with E-state index in [1.807, 2.05) is 6.08 Å². The van der Waals surface area contributed by atoms with Crippen molar-refractivity contribution in [2.75, 3.05) is 0 Å². The quantitative estimate of drug-likeness (QED) is 0.690. The molecule has 0 nitrogen and oxygen atoms in total. The lowest BCUT2D eigenvalue weighted by Crippen LogP contribution is -1.87. The summed E-state index contributed by atoms with van der Waals surface area (Å²) < 4.78 is 13.3. The molecule has 1 atom stereocenters. The van der Waals surface area contributed by atoms with Crippen LogP contribution in [0.5, 0.6) is 0 Å². The Hall–Kier alpha value is -0.820. The highest BCUT2D eigenvalue weighted by Gasteiger charge is 2.02. The van der Waals surface area contributed by atoms with Gasteiger partial charge in [0.25, 0.3) is 0 Å². The normalized spacial score (nSPS) is 13.4. The Morgan fingerprint density at radius 3 is 2.79 bits per heavy atom. The lowest BCUT2D eigenvalue weighted by atomic mass is 10.1. The van der Waals surface area contributed by atoms with E-state index in [0.29, 0.717) is 16.5 Å². The molecule has 1 unspecified atom stereocenters. The molecule has 0 amide bonds. The fraction of sp³-hybridized carbons (Fsp3) is 0.333. The van der Waals surface area contributed by atoms with E-state index >= 15 is 0 Å². The molecule has 1 rings (SSSR count). The molecule has 0 aromatic heterocycles. The van der Waals surface area contributed by atoms with Gasteiger partial charge in [-0.1, -0.05) is 50.1 Å². The number of allylic oxidation sites excluding steroid dienone is 1. The van der Waals surface area contributed by atoms with Gasteiger partial charge in [0.1, 0.15) is 5.82 Å². The van der Waals surface area contributed by atoms with E-state index in [9.17, 15) is 4.39 Å². The van der Waals surface area contributed by atoms with Gasteiger partial charge in [0.05, 0.1) is 5.02 Å². The molecule has 0 aliphatic carbocycles. The van der Waals surface area contributed by atoms with Crippen LogP contribution in [0.1, 0.15) is 25.8 Å². The van der Waals surface area contributed by atoms with Crippen LogP contribution in [0.2, 0.25) is 5.02 Å². The van der Waals surface area contributed by atoms with E-state index in [4.69, 9.17) is 11.6 Å². The van der Waals surface area contributed by atoms with Crippen molar-refractivity contribution >= 4 is 17.7 Å². The van der Waals surface area contributed by atoms with Crippen LogP contribution in [-0.4, -0.2) is 0 Å². The topological polar surface area (TPSA) is 0 Å². The van der Waals surface area contributed by atoms with Crippen molar-refractivity contribution in [3.63, 3.8) is 0 Å². The van der Waals surface area contributed by atoms with Gasteiger partial charge in [0.15, 0.2) is 0 Å². The van der Waals surface area contributed by atoms with Crippen molar-refractivity contribution in [3.05, 3.63) is 40.7 Å². The molecule has 0 N–H and O–H groups in total. The summed E-state index contributed by atoms with van der Waals surface area (Å²) in [4.78, 5) is 0. The summed E-state index contributed by atoms with van der Waals surface area (Å²) in [5.41, 5.74) is 0.481. The first-order chi connectivity index (χ1) is 6.65. The van der Waals surface area contributed by atoms with Crippen LogP contribution in [-0.2, 0) is 0 Å². The van der Waals surface area contributed by atoms with Crippen LogP contribution in [0.25, 0.3) is 6.08 Å². The van der Waals surface area contributed by atoms with E-state index in [1.54, 1.807) is 18.2 Å². The van der Waals surface area contributed by atoms with Gasteiger partial charge in [0, 0.05) is 5.56 Å². The lowest BCUT2D eigenvalue weighted by Gasteiger charge is -2.02. The predicted octanol–water partition coefficient (Wildman–Crippen LogP) is 4.54. The van der Waals surface area contributed by atoms with Crippen LogP contribution < -0.4 is 0 Å². The molecule has 0 heterocycles. The summed E-state index contributed by atoms with van der Waals surface area (Å²) in [6.07, 6.45) is 4.78. The lowest BCUT2D eigenvalue weighted by molar-refractivity contribution is 0.624. The third-order valence-corrected chi connectivity index (χ3v) is 2.56. The second kappa shape index (κ2) is 5.16. The van der Waals surface area contributed by atoms with Gasteiger partial charge in [-0.05, 0) is 18.1 Å². The van der Waals surface area contributed by atoms with Gasteiger partial charge < -0.3 is 0 Å². The first-order valence-electron chi connectivity index (χ1n) is 4.77. The second-order valence-electron chi connectivity index (χ2n) is 3.38. The summed E-state index contributed by atoms with van der Waals surface area (Å²) in [6.45, 7) is 4.18. The van der Waals surface area contributed by atoms with Crippen LogP contribution >= 0.6 is 11.6 Å². The molecule has 0 aliphatic heterocycles. The predicted molar refractivity (Wildman–Crippen MR) is 59.9 cm³/mol. The van der Waals surface area contributed by atoms with E-state index in [-0.39, 0.29) is 5.82 Å². The van der Waals surface area contributed by atoms with Gasteiger partial charge in [0.2, 0.25) is 0 Å². The van der Waals surface area contributed by atoms with Crippen LogP contribution in [0.3, 0.4) is 0 Å². The zero-order valence-corrected chi connectivity index (χ0v) is 9.18. The molecule has 0 saturated carbocycles. The number of benzene rings is 1. The van der Waals surface area contributed by atoms with Gasteiger partial charge in [-0.2, -0.15) is 0 Å². The number of hydrogen-bond acceptors (Lipinski definition) is 0. The van der Waals surface area contributed by atoms with Crippen molar-refractivity contribution in [3.8, 4) is 0 Å². The monoisotopic (exact) mass is 212 g/mol. The maximum atomic E-state index is 13.3. The maximum absolute atomic E-state index is 13.3. The minimum absolute atomic E-state index is 0.267. The molecule has 0 spiro atoms. The van der Waals surface area contributed by atoms with Crippen LogP contribution in [0.15, 0.2) is 24.3 Å². The Morgan fingerprint density at radius 2 is 2.21 bits per heavy atom. The third-order valence-electron chi connectivity index (χ3n) is 2.24. The summed E-state index contributed by atoms with van der Waals surface area (Å²) >= 11 is 5.86. The third kappa shape index (κ3) is 2.85. The van der Waals surface area contributed by atoms with E-state index in [1.165, 1.54) is 6.07 Å². The minimum atomic E-state index is -0.267. The standard InChI is InChI=1S/C12H14ClF/c1-3-9(2)7-8-10-11(13)5-4-6-12(10)14/h4-9H,3H2,1-2H3/b8-7+. The number of halogens is 2. The molecule has 1 aromatic carbocycles. The molecule has 0 fully saturated rings. The van der Waals surface area contributed by atoms with E-state index in [2.05, 4.69) is 13.8 Å². The summed E-state index contributed by atoms with van der Waals surface area (Å²) in [6, 6.07) is 4.72. The SMILES string of the molecule is CCC(C)/C=C/c1c(F)cccc1Cl. The number of hydrogen-bond donors (Lipinski definition) is 0. The van der Waals surface area contributed by atoms with Crippen molar-refractivity contribution in [1.29, 1.82) is 0 Å². The Balaban J connectivity index is 2.91. The average Bonchev–Trinajstić information content (AvgIpc) is 2.16. The van der Waals surface area contributed by atoms with Gasteiger partial charge >= 0.3 is 0 Å². The summed E-state index contributed by atoms with van der Waals surface area (Å²) in [5, 5.41) is 0.463. The second-order valence-corrected chi connectivity index (χ2v) is 3.79. The molecule has 1 aromatic rings. The molecule has 2 heteroatoms. The minimum Gasteiger partial charge on any atom is -0.206 e. The molecule has 0 radical (unpaired) electrons. The van der Waals surface area contributed by atoms with Gasteiger partial charge in [-0.15, -0.1) is 0 Å². The first kappa shape index (κ1) is 11.3. The molecule has 0 aliphatic rings. The Labute approximate surface area is 89.4 Å². The highest BCUT2D eigenvalue weighted by atomic mass is 35.5. The first-order valence-corrected chi connectivity index (χ1v) is 5.15. The van der Waals surface area contributed by atoms with E-state index < -0.39 is 0 Å². The molecule has 14 heavy (non-hydrogen) atoms. The van der Waals surface area contributed by atoms with Crippen molar-refractivity contribution in [2.45, 2.75) is 20.3 Å². The number of rotatable bonds is 3. The maximum Gasteiger partial charge on any atom is 0.131 e. The molecular formula is C12H14ClF. The van der Waals surface area contributed by atoms with Crippen molar-refractivity contribution in [2.24, 2.45) is 5.92 Å². The van der Waals surface area contributed by atoms with Crippen molar-refractivity contribution in [1.82, 2.24) is 0 Å². The van der Waals surface area contributed by atoms with Crippen LogP contribution in [0.4, 0.5) is 4.39 Å². The van der Waals surface area contributed by atoms with E-state index in [0.717, 1.165) is 6.42 Å². The molecule has 0 saturated heterocycles. The fourth-order valence-corrected chi connectivity index (χ4v) is 1.29. The van der Waals surface area contributed by atoms with Crippen molar-refractivity contribution < 1.29 is 4.39 Å². The zero-order chi connectivity index (χ0) is 10.6. The highest BCUT2D eigenvalue weighted by molar-refractivity contribution is 6.32. The average molecular weight is 213 g/mol. The summed E-state index contributed by atoms with van der Waals surface area (Å²) in [5.74, 6) is 0.183. The zero-order valence-electron chi connectivity index (χ0n) is 8.43. The highest BCUT2D eigenvalue weighted by Crippen LogP contribution is 2.21. The largest absolute Gasteiger partial charge is 0.206 e. The Kier molecular flexibility index (Phi) is 4.15. The fourth-order valence-electron chi connectivity index (χ4n) is 1.07. The summed E-state index contributed by atoms with van der Waals surface area (Å²) in [7, 11) is 0. The van der Waals surface area contributed by atoms with Gasteiger partial charge in [-0.25, -0.2) is 4.39 Å². The smallest absolute Gasteiger partial charge is 0.131 e. The molecule has 0 bridgehead atoms. The van der Waals surface area contributed by atoms with Crippen LogP contribution in [0, 0.1) is 11.7 Å². The molecule has 76 valence electrons. The van der Waals surface area contributed by atoms with Gasteiger partial charge in [-0.3, -0.25) is 0 Å². The Morgan fingerprint density at radius 1 is 1.50 bits per heavy atom. The molecular weight excluding hydrogens is 199 g/mol.